The van der Waals surface area contributed by atoms with Gasteiger partial charge in [-0.05, 0) is 12.5 Å². The van der Waals surface area contributed by atoms with Gasteiger partial charge >= 0.3 is 0 Å². The van der Waals surface area contributed by atoms with Gasteiger partial charge in [0, 0.05) is 29.4 Å². The summed E-state index contributed by atoms with van der Waals surface area (Å²) in [6.07, 6.45) is 2.28. The Morgan fingerprint density at radius 2 is 2.12 bits per heavy atom. The van der Waals surface area contributed by atoms with Crippen LogP contribution in [0.5, 0.6) is 0 Å². The summed E-state index contributed by atoms with van der Waals surface area (Å²) in [4.78, 5) is 0. The van der Waals surface area contributed by atoms with Crippen LogP contribution >= 0.6 is 11.6 Å². The number of nitrogens with one attached hydrogen (secondary N) is 1. The first kappa shape index (κ1) is 14.1. The van der Waals surface area contributed by atoms with Crippen LogP contribution in [0.15, 0.2) is 6.07 Å². The van der Waals surface area contributed by atoms with Gasteiger partial charge in [0.25, 0.3) is 0 Å². The second-order valence-corrected chi connectivity index (χ2v) is 5.55. The van der Waals surface area contributed by atoms with Crippen molar-refractivity contribution in [2.24, 2.45) is 0 Å². The molecule has 0 aromatic heterocycles. The molecule has 0 amide bonds. The van der Waals surface area contributed by atoms with E-state index in [9.17, 15) is 8.60 Å². The average Bonchev–Trinajstić information content (AvgIpc) is 2.24. The third kappa shape index (κ3) is 3.74. The van der Waals surface area contributed by atoms with Crippen LogP contribution in [0.4, 0.5) is 21.5 Å². The SMILES string of the molecule is CS(=O)CCCNc1c(N)cc(N)c(Cl)c1F. The molecule has 1 atom stereocenters. The lowest BCUT2D eigenvalue weighted by molar-refractivity contribution is 0.631. The van der Waals surface area contributed by atoms with Crippen LogP contribution in [0.25, 0.3) is 0 Å². The minimum Gasteiger partial charge on any atom is -0.397 e. The van der Waals surface area contributed by atoms with Gasteiger partial charge < -0.3 is 16.8 Å². The number of nitrogen functional groups attached to an aromatic ring is 2. The van der Waals surface area contributed by atoms with Crippen LogP contribution < -0.4 is 16.8 Å². The molecule has 1 unspecified atom stereocenters. The van der Waals surface area contributed by atoms with E-state index in [1.165, 1.54) is 6.07 Å². The minimum atomic E-state index is -0.853. The quantitative estimate of drug-likeness (QED) is 0.567. The Bertz CT molecular complexity index is 442. The lowest BCUT2D eigenvalue weighted by Crippen LogP contribution is -2.10. The summed E-state index contributed by atoms with van der Waals surface area (Å²) in [5.74, 6) is -0.0983. The zero-order valence-corrected chi connectivity index (χ0v) is 11.0. The number of rotatable bonds is 5. The fourth-order valence-corrected chi connectivity index (χ4v) is 2.03. The molecular weight excluding hydrogens is 265 g/mol. The van der Waals surface area contributed by atoms with Crippen molar-refractivity contribution in [2.45, 2.75) is 6.42 Å². The first-order valence-corrected chi connectivity index (χ1v) is 7.10. The average molecular weight is 280 g/mol. The normalized spacial score (nSPS) is 12.4. The van der Waals surface area contributed by atoms with Gasteiger partial charge in [0.2, 0.25) is 0 Å². The summed E-state index contributed by atoms with van der Waals surface area (Å²) in [5, 5.41) is 2.69. The molecule has 0 bridgehead atoms. The van der Waals surface area contributed by atoms with Crippen molar-refractivity contribution in [1.29, 1.82) is 0 Å². The molecule has 7 heteroatoms. The van der Waals surface area contributed by atoms with Crippen LogP contribution in [0.2, 0.25) is 5.02 Å². The van der Waals surface area contributed by atoms with Crippen molar-refractivity contribution in [3.05, 3.63) is 16.9 Å². The molecule has 0 spiro atoms. The van der Waals surface area contributed by atoms with Crippen LogP contribution in [0, 0.1) is 5.82 Å². The number of halogens is 2. The van der Waals surface area contributed by atoms with E-state index in [1.54, 1.807) is 6.26 Å². The lowest BCUT2D eigenvalue weighted by atomic mass is 10.2. The summed E-state index contributed by atoms with van der Waals surface area (Å²) in [7, 11) is -0.853. The molecule has 1 rings (SSSR count). The summed E-state index contributed by atoms with van der Waals surface area (Å²) in [6.45, 7) is 0.473. The van der Waals surface area contributed by atoms with Gasteiger partial charge in [-0.2, -0.15) is 0 Å². The van der Waals surface area contributed by atoms with Crippen LogP contribution in [0.1, 0.15) is 6.42 Å². The predicted octanol–water partition coefficient (Wildman–Crippen LogP) is 1.82. The van der Waals surface area contributed by atoms with E-state index in [4.69, 9.17) is 23.1 Å². The molecule has 4 nitrogen and oxygen atoms in total. The third-order valence-corrected chi connectivity index (χ3v) is 3.42. The van der Waals surface area contributed by atoms with Gasteiger partial charge in [-0.25, -0.2) is 4.39 Å². The van der Waals surface area contributed by atoms with Gasteiger partial charge in [-0.15, -0.1) is 0 Å². The third-order valence-electron chi connectivity index (χ3n) is 2.18. The highest BCUT2D eigenvalue weighted by Gasteiger charge is 2.13. The van der Waals surface area contributed by atoms with E-state index in [2.05, 4.69) is 5.32 Å². The minimum absolute atomic E-state index is 0.113. The zero-order valence-electron chi connectivity index (χ0n) is 9.43. The fourth-order valence-electron chi connectivity index (χ4n) is 1.33. The topological polar surface area (TPSA) is 81.1 Å². The standard InChI is InChI=1S/C10H15ClFN3OS/c1-17(16)4-2-3-15-10-7(14)5-6(13)8(11)9(10)12/h5,15H,2-4,13-14H2,1H3. The maximum atomic E-state index is 13.7. The summed E-state index contributed by atoms with van der Waals surface area (Å²) < 4.78 is 24.5. The summed E-state index contributed by atoms with van der Waals surface area (Å²) >= 11 is 5.67. The molecule has 0 fully saturated rings. The van der Waals surface area contributed by atoms with Crippen LogP contribution in [-0.2, 0) is 10.8 Å². The second kappa shape index (κ2) is 6.07. The Balaban J connectivity index is 2.71. The van der Waals surface area contributed by atoms with E-state index in [0.717, 1.165) is 0 Å². The molecule has 1 aromatic rings. The van der Waals surface area contributed by atoms with Crippen LogP contribution in [0.3, 0.4) is 0 Å². The molecule has 0 heterocycles. The highest BCUT2D eigenvalue weighted by molar-refractivity contribution is 7.84. The molecule has 0 radical (unpaired) electrons. The Labute approximate surface area is 107 Å². The van der Waals surface area contributed by atoms with E-state index < -0.39 is 16.6 Å². The molecule has 0 saturated carbocycles. The molecule has 1 aromatic carbocycles. The first-order valence-electron chi connectivity index (χ1n) is 5.00. The van der Waals surface area contributed by atoms with Gasteiger partial charge in [-0.3, -0.25) is 4.21 Å². The largest absolute Gasteiger partial charge is 0.397 e. The number of anilines is 3. The lowest BCUT2D eigenvalue weighted by Gasteiger charge is -2.12. The van der Waals surface area contributed by atoms with Crippen molar-refractivity contribution < 1.29 is 8.60 Å². The van der Waals surface area contributed by atoms with E-state index in [1.807, 2.05) is 0 Å². The first-order chi connectivity index (χ1) is 7.93. The van der Waals surface area contributed by atoms with Crippen molar-refractivity contribution in [3.8, 4) is 0 Å². The number of hydrogen-bond donors (Lipinski definition) is 3. The Morgan fingerprint density at radius 1 is 1.47 bits per heavy atom. The Kier molecular flexibility index (Phi) is 5.02. The molecule has 0 saturated heterocycles. The monoisotopic (exact) mass is 279 g/mol. The molecule has 0 aliphatic heterocycles. The fraction of sp³-hybridized carbons (Fsp3) is 0.400. The maximum Gasteiger partial charge on any atom is 0.169 e. The van der Waals surface area contributed by atoms with Crippen molar-refractivity contribution in [2.75, 3.05) is 35.3 Å². The van der Waals surface area contributed by atoms with Gasteiger partial charge in [0.1, 0.15) is 5.02 Å². The number of nitrogens with two attached hydrogens (primary N) is 2. The van der Waals surface area contributed by atoms with Gasteiger partial charge in [0.15, 0.2) is 5.82 Å². The van der Waals surface area contributed by atoms with Crippen molar-refractivity contribution in [1.82, 2.24) is 0 Å². The molecule has 0 aliphatic rings. The Hall–Kier alpha value is -1.01. The van der Waals surface area contributed by atoms with Crippen LogP contribution in [-0.4, -0.2) is 22.8 Å². The van der Waals surface area contributed by atoms with E-state index >= 15 is 0 Å². The van der Waals surface area contributed by atoms with Crippen molar-refractivity contribution in [3.63, 3.8) is 0 Å². The molecule has 0 aliphatic carbocycles. The predicted molar refractivity (Wildman–Crippen MR) is 72.3 cm³/mol. The van der Waals surface area contributed by atoms with E-state index in [0.29, 0.717) is 18.7 Å². The molecule has 5 N–H and O–H groups in total. The summed E-state index contributed by atoms with van der Waals surface area (Å²) in [6, 6.07) is 1.41. The molecule has 17 heavy (non-hydrogen) atoms. The van der Waals surface area contributed by atoms with Gasteiger partial charge in [0.05, 0.1) is 17.1 Å². The molecular formula is C10H15ClFN3OS. The molecule has 96 valence electrons. The summed E-state index contributed by atoms with van der Waals surface area (Å²) in [5.41, 5.74) is 11.6. The highest BCUT2D eigenvalue weighted by Crippen LogP contribution is 2.33. The smallest absolute Gasteiger partial charge is 0.169 e. The van der Waals surface area contributed by atoms with Gasteiger partial charge in [-0.1, -0.05) is 11.6 Å². The number of hydrogen-bond acceptors (Lipinski definition) is 4. The number of benzene rings is 1. The van der Waals surface area contributed by atoms with Crippen molar-refractivity contribution >= 4 is 39.5 Å². The maximum absolute atomic E-state index is 13.7. The zero-order chi connectivity index (χ0) is 13.0. The second-order valence-electron chi connectivity index (χ2n) is 3.62. The van der Waals surface area contributed by atoms with E-state index in [-0.39, 0.29) is 22.1 Å². The highest BCUT2D eigenvalue weighted by atomic mass is 35.5. The Morgan fingerprint density at radius 3 is 2.71 bits per heavy atom.